The summed E-state index contributed by atoms with van der Waals surface area (Å²) in [7, 11) is 1.36. The Kier molecular flexibility index (Phi) is 3.49. The van der Waals surface area contributed by atoms with Crippen molar-refractivity contribution in [2.24, 2.45) is 5.92 Å². The highest BCUT2D eigenvalue weighted by atomic mass is 16.5. The summed E-state index contributed by atoms with van der Waals surface area (Å²) >= 11 is 0. The number of hydrogen-bond acceptors (Lipinski definition) is 4. The quantitative estimate of drug-likeness (QED) is 0.609. The molecule has 0 unspecified atom stereocenters. The molecule has 70 valence electrons. The van der Waals surface area contributed by atoms with Crippen LogP contribution in [0.3, 0.4) is 0 Å². The number of hydrogen-bond donors (Lipinski definition) is 1. The van der Waals surface area contributed by atoms with Crippen LogP contribution in [0.5, 0.6) is 0 Å². The van der Waals surface area contributed by atoms with Crippen molar-refractivity contribution in [3.05, 3.63) is 0 Å². The van der Waals surface area contributed by atoms with Crippen LogP contribution in [0, 0.1) is 5.92 Å². The summed E-state index contributed by atoms with van der Waals surface area (Å²) in [5.41, 5.74) is 0. The molecule has 0 radical (unpaired) electrons. The lowest BCUT2D eigenvalue weighted by atomic mass is 10.0. The Labute approximate surface area is 71.5 Å². The van der Waals surface area contributed by atoms with Gasteiger partial charge < -0.3 is 14.6 Å². The van der Waals surface area contributed by atoms with E-state index in [2.05, 4.69) is 4.74 Å². The predicted molar refractivity (Wildman–Crippen MR) is 41.6 cm³/mol. The van der Waals surface area contributed by atoms with Crippen molar-refractivity contribution in [1.82, 2.24) is 0 Å². The van der Waals surface area contributed by atoms with Crippen molar-refractivity contribution in [2.75, 3.05) is 20.3 Å². The second-order valence-electron chi connectivity index (χ2n) is 2.98. The molecule has 0 aliphatic carbocycles. The molecule has 1 fully saturated rings. The zero-order valence-corrected chi connectivity index (χ0v) is 7.16. The fourth-order valence-corrected chi connectivity index (χ4v) is 1.27. The maximum absolute atomic E-state index is 10.7. The van der Waals surface area contributed by atoms with Crippen molar-refractivity contribution in [3.8, 4) is 0 Å². The molecule has 2 atom stereocenters. The molecule has 1 aliphatic heterocycles. The topological polar surface area (TPSA) is 55.8 Å². The maximum Gasteiger partial charge on any atom is 0.305 e. The van der Waals surface area contributed by atoms with Gasteiger partial charge in [-0.05, 0) is 6.42 Å². The summed E-state index contributed by atoms with van der Waals surface area (Å²) in [5.74, 6) is -0.127. The summed E-state index contributed by atoms with van der Waals surface area (Å²) in [5, 5.41) is 9.30. The SMILES string of the molecule is COC(=O)CC[C@H]1COC[C@H]1O. The predicted octanol–water partition coefficient (Wildman–Crippen LogP) is -0.0531. The van der Waals surface area contributed by atoms with Crippen molar-refractivity contribution in [3.63, 3.8) is 0 Å². The van der Waals surface area contributed by atoms with Crippen LogP contribution in [0.25, 0.3) is 0 Å². The number of carbonyl (C=O) groups excluding carboxylic acids is 1. The number of carbonyl (C=O) groups is 1. The first-order valence-electron chi connectivity index (χ1n) is 4.06. The van der Waals surface area contributed by atoms with Crippen molar-refractivity contribution in [2.45, 2.75) is 18.9 Å². The van der Waals surface area contributed by atoms with Crippen LogP contribution >= 0.6 is 0 Å². The highest BCUT2D eigenvalue weighted by molar-refractivity contribution is 5.69. The third-order valence-electron chi connectivity index (χ3n) is 2.11. The zero-order chi connectivity index (χ0) is 8.97. The lowest BCUT2D eigenvalue weighted by Crippen LogP contribution is -2.18. The second-order valence-corrected chi connectivity index (χ2v) is 2.98. The number of methoxy groups -OCH3 is 1. The van der Waals surface area contributed by atoms with E-state index in [1.54, 1.807) is 0 Å². The monoisotopic (exact) mass is 174 g/mol. The van der Waals surface area contributed by atoms with Gasteiger partial charge in [0, 0.05) is 12.3 Å². The van der Waals surface area contributed by atoms with Crippen LogP contribution < -0.4 is 0 Å². The van der Waals surface area contributed by atoms with Crippen molar-refractivity contribution < 1.29 is 19.4 Å². The molecule has 0 aromatic heterocycles. The van der Waals surface area contributed by atoms with E-state index in [4.69, 9.17) is 4.74 Å². The normalized spacial score (nSPS) is 28.8. The van der Waals surface area contributed by atoms with Crippen LogP contribution in [0.1, 0.15) is 12.8 Å². The van der Waals surface area contributed by atoms with Gasteiger partial charge in [0.1, 0.15) is 0 Å². The number of ether oxygens (including phenoxy) is 2. The summed E-state index contributed by atoms with van der Waals surface area (Å²) in [6.45, 7) is 0.948. The van der Waals surface area contributed by atoms with Crippen LogP contribution in [0.4, 0.5) is 0 Å². The van der Waals surface area contributed by atoms with E-state index < -0.39 is 6.10 Å². The van der Waals surface area contributed by atoms with Gasteiger partial charge in [0.25, 0.3) is 0 Å². The molecule has 0 aromatic rings. The van der Waals surface area contributed by atoms with E-state index in [0.717, 1.165) is 0 Å². The van der Waals surface area contributed by atoms with Crippen LogP contribution in [0.2, 0.25) is 0 Å². The van der Waals surface area contributed by atoms with Gasteiger partial charge in [-0.2, -0.15) is 0 Å². The van der Waals surface area contributed by atoms with Gasteiger partial charge in [-0.1, -0.05) is 0 Å². The molecule has 4 nitrogen and oxygen atoms in total. The highest BCUT2D eigenvalue weighted by Gasteiger charge is 2.26. The van der Waals surface area contributed by atoms with Crippen LogP contribution in [0.15, 0.2) is 0 Å². The molecule has 12 heavy (non-hydrogen) atoms. The molecule has 1 aliphatic rings. The Hall–Kier alpha value is -0.610. The molecule has 4 heteroatoms. The number of aliphatic hydroxyl groups is 1. The minimum absolute atomic E-state index is 0.101. The second kappa shape index (κ2) is 4.42. The van der Waals surface area contributed by atoms with Crippen molar-refractivity contribution >= 4 is 5.97 Å². The lowest BCUT2D eigenvalue weighted by molar-refractivity contribution is -0.141. The fraction of sp³-hybridized carbons (Fsp3) is 0.875. The molecular formula is C8H14O4. The van der Waals surface area contributed by atoms with Gasteiger partial charge in [-0.15, -0.1) is 0 Å². The van der Waals surface area contributed by atoms with E-state index in [1.165, 1.54) is 7.11 Å². The van der Waals surface area contributed by atoms with Gasteiger partial charge >= 0.3 is 5.97 Å². The summed E-state index contributed by atoms with van der Waals surface area (Å²) in [6.07, 6.45) is 0.602. The van der Waals surface area contributed by atoms with Gasteiger partial charge in [0.2, 0.25) is 0 Å². The fourth-order valence-electron chi connectivity index (χ4n) is 1.27. The molecule has 0 spiro atoms. The highest BCUT2D eigenvalue weighted by Crippen LogP contribution is 2.18. The number of esters is 1. The minimum Gasteiger partial charge on any atom is -0.469 e. The standard InChI is InChI=1S/C8H14O4/c1-11-8(10)3-2-6-4-12-5-7(6)9/h6-7,9H,2-5H2,1H3/t6-,7+/m0/s1. The Morgan fingerprint density at radius 2 is 2.42 bits per heavy atom. The van der Waals surface area contributed by atoms with Gasteiger partial charge in [0.15, 0.2) is 0 Å². The van der Waals surface area contributed by atoms with E-state index in [0.29, 0.717) is 26.1 Å². The molecule has 1 heterocycles. The smallest absolute Gasteiger partial charge is 0.305 e. The molecule has 1 saturated heterocycles. The van der Waals surface area contributed by atoms with E-state index >= 15 is 0 Å². The largest absolute Gasteiger partial charge is 0.469 e. The van der Waals surface area contributed by atoms with Gasteiger partial charge in [-0.3, -0.25) is 4.79 Å². The van der Waals surface area contributed by atoms with E-state index in [1.807, 2.05) is 0 Å². The van der Waals surface area contributed by atoms with Gasteiger partial charge in [0.05, 0.1) is 26.4 Å². The van der Waals surface area contributed by atoms with Gasteiger partial charge in [-0.25, -0.2) is 0 Å². The van der Waals surface area contributed by atoms with Crippen LogP contribution in [-0.4, -0.2) is 37.5 Å². The Balaban J connectivity index is 2.18. The third-order valence-corrected chi connectivity index (χ3v) is 2.11. The maximum atomic E-state index is 10.7. The molecule has 0 aromatic carbocycles. The average Bonchev–Trinajstić information content (AvgIpc) is 2.47. The molecule has 0 saturated carbocycles. The third kappa shape index (κ3) is 2.46. The molecule has 0 bridgehead atoms. The Morgan fingerprint density at radius 3 is 2.92 bits per heavy atom. The average molecular weight is 174 g/mol. The number of rotatable bonds is 3. The zero-order valence-electron chi connectivity index (χ0n) is 7.16. The number of aliphatic hydroxyl groups excluding tert-OH is 1. The summed E-state index contributed by atoms with van der Waals surface area (Å²) < 4.78 is 9.52. The first-order valence-corrected chi connectivity index (χ1v) is 4.06. The Bertz CT molecular complexity index is 157. The Morgan fingerprint density at radius 1 is 1.67 bits per heavy atom. The molecular weight excluding hydrogens is 160 g/mol. The lowest BCUT2D eigenvalue weighted by Gasteiger charge is -2.10. The molecule has 1 N–H and O–H groups in total. The molecule has 0 amide bonds. The minimum atomic E-state index is -0.408. The van der Waals surface area contributed by atoms with E-state index in [9.17, 15) is 9.90 Å². The molecule has 1 rings (SSSR count). The first kappa shape index (κ1) is 9.48. The van der Waals surface area contributed by atoms with E-state index in [-0.39, 0.29) is 11.9 Å². The van der Waals surface area contributed by atoms with Crippen molar-refractivity contribution in [1.29, 1.82) is 0 Å². The summed E-state index contributed by atoms with van der Waals surface area (Å²) in [6, 6.07) is 0. The first-order chi connectivity index (χ1) is 5.74. The van der Waals surface area contributed by atoms with Crippen LogP contribution in [-0.2, 0) is 14.3 Å². The summed E-state index contributed by atoms with van der Waals surface area (Å²) in [4.78, 5) is 10.7.